The molecule has 3 N–H and O–H groups in total. The van der Waals surface area contributed by atoms with Crippen molar-refractivity contribution in [1.29, 1.82) is 0 Å². The van der Waals surface area contributed by atoms with Gasteiger partial charge >= 0.3 is 0 Å². The lowest BCUT2D eigenvalue weighted by molar-refractivity contribution is -0.163. The molecule has 2 fully saturated rings. The number of fused-ring (bicyclic) bond motifs is 3. The lowest BCUT2D eigenvalue weighted by Gasteiger charge is -2.27. The van der Waals surface area contributed by atoms with E-state index in [9.17, 15) is 4.39 Å². The van der Waals surface area contributed by atoms with E-state index >= 15 is 0 Å². The summed E-state index contributed by atoms with van der Waals surface area (Å²) in [7, 11) is 0. The molecule has 0 amide bonds. The molecule has 8 nitrogen and oxygen atoms in total. The van der Waals surface area contributed by atoms with Gasteiger partial charge in [0.2, 0.25) is 0 Å². The minimum absolute atomic E-state index is 0.0482. The first-order valence-electron chi connectivity index (χ1n) is 11.0. The third-order valence-corrected chi connectivity index (χ3v) is 6.74. The Morgan fingerprint density at radius 1 is 1.19 bits per heavy atom. The maximum absolute atomic E-state index is 14.4. The van der Waals surface area contributed by atoms with Crippen molar-refractivity contribution < 1.29 is 18.6 Å². The van der Waals surface area contributed by atoms with Crippen molar-refractivity contribution in [2.24, 2.45) is 0 Å². The molecule has 168 valence electrons. The molecule has 0 unspecified atom stereocenters. The number of nitrogens with one attached hydrogen (secondary N) is 1. The van der Waals surface area contributed by atoms with Gasteiger partial charge in [-0.2, -0.15) is 0 Å². The van der Waals surface area contributed by atoms with Gasteiger partial charge in [0.1, 0.15) is 47.7 Å². The van der Waals surface area contributed by atoms with Crippen molar-refractivity contribution in [2.45, 2.75) is 63.4 Å². The van der Waals surface area contributed by atoms with Crippen LogP contribution in [0, 0.1) is 5.82 Å². The van der Waals surface area contributed by atoms with Gasteiger partial charge in [-0.15, -0.1) is 0 Å². The number of rotatable bonds is 3. The number of hydrogen-bond acceptors (Lipinski definition) is 7. The lowest BCUT2D eigenvalue weighted by atomic mass is 9.99. The Morgan fingerprint density at radius 2 is 2.03 bits per heavy atom. The van der Waals surface area contributed by atoms with E-state index in [-0.39, 0.29) is 30.2 Å². The minimum Gasteiger partial charge on any atom is -0.487 e. The number of hydrogen-bond donors (Lipinski definition) is 2. The number of aromatic nitrogens is 3. The highest BCUT2D eigenvalue weighted by molar-refractivity contribution is 5.86. The summed E-state index contributed by atoms with van der Waals surface area (Å²) < 4.78 is 35.6. The van der Waals surface area contributed by atoms with Crippen LogP contribution >= 0.6 is 0 Å². The van der Waals surface area contributed by atoms with E-state index in [1.165, 1.54) is 12.4 Å². The number of nitrogens with zero attached hydrogens (tertiary/aromatic N) is 3. The molecule has 2 aromatic heterocycles. The Balaban J connectivity index is 1.36. The maximum atomic E-state index is 14.4. The average Bonchev–Trinajstić information content (AvgIpc) is 3.42. The number of anilines is 1. The molecule has 1 aliphatic carbocycles. The summed E-state index contributed by atoms with van der Waals surface area (Å²) in [5, 5.41) is 4.13. The maximum Gasteiger partial charge on any atom is 0.164 e. The highest BCUT2D eigenvalue weighted by Gasteiger charge is 2.56. The molecule has 32 heavy (non-hydrogen) atoms. The van der Waals surface area contributed by atoms with Gasteiger partial charge in [0.25, 0.3) is 0 Å². The zero-order valence-corrected chi connectivity index (χ0v) is 18.0. The van der Waals surface area contributed by atoms with Crippen molar-refractivity contribution in [1.82, 2.24) is 19.9 Å². The molecule has 0 bridgehead atoms. The van der Waals surface area contributed by atoms with Crippen LogP contribution in [0.4, 0.5) is 10.2 Å². The number of nitrogens with two attached hydrogens (primary N) is 1. The first kappa shape index (κ1) is 19.9. The fourth-order valence-electron chi connectivity index (χ4n) is 5.36. The van der Waals surface area contributed by atoms with Crippen molar-refractivity contribution in [3.63, 3.8) is 0 Å². The number of ether oxygens (including phenoxy) is 3. The number of nitrogen functional groups attached to an aromatic ring is 1. The molecule has 2 aliphatic heterocycles. The minimum atomic E-state index is -0.726. The summed E-state index contributed by atoms with van der Waals surface area (Å²) in [6.07, 6.45) is 4.04. The van der Waals surface area contributed by atoms with Crippen LogP contribution in [0.25, 0.3) is 11.0 Å². The van der Waals surface area contributed by atoms with Crippen LogP contribution in [0.2, 0.25) is 0 Å². The quantitative estimate of drug-likeness (QED) is 0.648. The molecule has 9 heteroatoms. The van der Waals surface area contributed by atoms with Crippen LogP contribution in [0.15, 0.2) is 30.7 Å². The van der Waals surface area contributed by atoms with Crippen LogP contribution in [-0.4, -0.2) is 45.2 Å². The molecule has 4 atom stereocenters. The predicted molar refractivity (Wildman–Crippen MR) is 116 cm³/mol. The van der Waals surface area contributed by atoms with Gasteiger partial charge in [0.15, 0.2) is 5.79 Å². The van der Waals surface area contributed by atoms with Gasteiger partial charge in [-0.25, -0.2) is 14.4 Å². The van der Waals surface area contributed by atoms with Crippen LogP contribution < -0.4 is 15.8 Å². The lowest BCUT2D eigenvalue weighted by Crippen LogP contribution is -2.34. The first-order valence-corrected chi connectivity index (χ1v) is 11.0. The SMILES string of the molecule is CC1(C)O[C@@H]2[C@H](O1)[C@@H](Oc1ccc(F)c3c1CNCC3)C[C@H]2n1ccc2c(N)ncnc21. The Hall–Kier alpha value is -2.75. The summed E-state index contributed by atoms with van der Waals surface area (Å²) in [6.45, 7) is 5.18. The third-order valence-electron chi connectivity index (χ3n) is 6.74. The van der Waals surface area contributed by atoms with Gasteiger partial charge in [-0.1, -0.05) is 0 Å². The summed E-state index contributed by atoms with van der Waals surface area (Å²) >= 11 is 0. The Labute approximate surface area is 184 Å². The normalized spacial score (nSPS) is 28.6. The van der Waals surface area contributed by atoms with Crippen LogP contribution in [-0.2, 0) is 22.4 Å². The van der Waals surface area contributed by atoms with E-state index < -0.39 is 5.79 Å². The van der Waals surface area contributed by atoms with Crippen LogP contribution in [0.1, 0.15) is 37.4 Å². The molecule has 0 radical (unpaired) electrons. The molecule has 1 saturated carbocycles. The summed E-state index contributed by atoms with van der Waals surface area (Å²) in [4.78, 5) is 8.55. The summed E-state index contributed by atoms with van der Waals surface area (Å²) in [5.74, 6) is 0.255. The zero-order chi connectivity index (χ0) is 22.0. The summed E-state index contributed by atoms with van der Waals surface area (Å²) in [5.41, 5.74) is 8.43. The monoisotopic (exact) mass is 439 g/mol. The molecular weight excluding hydrogens is 413 g/mol. The van der Waals surface area contributed by atoms with Gasteiger partial charge in [-0.05, 0) is 50.6 Å². The number of benzene rings is 1. The van der Waals surface area contributed by atoms with Crippen LogP contribution in [0.3, 0.4) is 0 Å². The molecule has 3 aliphatic rings. The Morgan fingerprint density at radius 3 is 2.91 bits per heavy atom. The smallest absolute Gasteiger partial charge is 0.164 e. The number of halogens is 1. The average molecular weight is 439 g/mol. The second kappa shape index (κ2) is 7.13. The topological polar surface area (TPSA) is 96.5 Å². The first-order chi connectivity index (χ1) is 15.4. The second-order valence-corrected chi connectivity index (χ2v) is 9.17. The molecular formula is C23H26FN5O3. The molecule has 1 saturated heterocycles. The Bertz CT molecular complexity index is 1200. The van der Waals surface area contributed by atoms with E-state index in [0.29, 0.717) is 31.0 Å². The molecule has 0 spiro atoms. The fourth-order valence-corrected chi connectivity index (χ4v) is 5.36. The van der Waals surface area contributed by atoms with E-state index in [1.54, 1.807) is 6.07 Å². The second-order valence-electron chi connectivity index (χ2n) is 9.17. The van der Waals surface area contributed by atoms with Crippen molar-refractivity contribution in [3.05, 3.63) is 47.7 Å². The predicted octanol–water partition coefficient (Wildman–Crippen LogP) is 2.71. The van der Waals surface area contributed by atoms with Crippen LogP contribution in [0.5, 0.6) is 5.75 Å². The van der Waals surface area contributed by atoms with Gasteiger partial charge < -0.3 is 29.8 Å². The van der Waals surface area contributed by atoms with E-state index in [1.807, 2.05) is 26.1 Å². The van der Waals surface area contributed by atoms with Crippen molar-refractivity contribution in [2.75, 3.05) is 12.3 Å². The van der Waals surface area contributed by atoms with E-state index in [4.69, 9.17) is 19.9 Å². The van der Waals surface area contributed by atoms with Gasteiger partial charge in [-0.3, -0.25) is 0 Å². The van der Waals surface area contributed by atoms with Crippen molar-refractivity contribution in [3.8, 4) is 5.75 Å². The zero-order valence-electron chi connectivity index (χ0n) is 18.0. The summed E-state index contributed by atoms with van der Waals surface area (Å²) in [6, 6.07) is 5.10. The van der Waals surface area contributed by atoms with Gasteiger partial charge in [0, 0.05) is 24.7 Å². The highest BCUT2D eigenvalue weighted by atomic mass is 19.1. The standard InChI is InChI=1S/C23H26FN5O3/c1-23(2)31-19-16(29-8-6-13-21(25)27-11-28-22(13)29)9-18(20(19)32-23)30-17-4-3-15(24)12-5-7-26-10-14(12)17/h3-4,6,8,11,16,18-20,26H,5,7,9-10H2,1-2H3,(H2,25,27,28)/t16-,18+,19+,20-/m1/s1. The van der Waals surface area contributed by atoms with Crippen molar-refractivity contribution >= 4 is 16.9 Å². The molecule has 6 rings (SSSR count). The van der Waals surface area contributed by atoms with E-state index in [0.717, 1.165) is 28.7 Å². The molecule has 1 aromatic carbocycles. The van der Waals surface area contributed by atoms with E-state index in [2.05, 4.69) is 19.9 Å². The molecule has 3 aromatic rings. The largest absolute Gasteiger partial charge is 0.487 e. The van der Waals surface area contributed by atoms with Gasteiger partial charge in [0.05, 0.1) is 11.4 Å². The fraction of sp³-hybridized carbons (Fsp3) is 0.478. The third kappa shape index (κ3) is 3.07. The highest BCUT2D eigenvalue weighted by Crippen LogP contribution is 2.46. The Kier molecular flexibility index (Phi) is 4.43. The molecule has 4 heterocycles.